The molecule has 142 valence electrons. The van der Waals surface area contributed by atoms with Crippen LogP contribution in [-0.4, -0.2) is 37.8 Å². The molecule has 1 aliphatic rings. The largest absolute Gasteiger partial charge is 0.356 e. The molecule has 0 amide bonds. The molecule has 0 saturated carbocycles. The molecule has 3 aromatic rings. The van der Waals surface area contributed by atoms with E-state index in [1.807, 2.05) is 18.3 Å². The topological polar surface area (TPSA) is 79.7 Å². The first-order valence-corrected chi connectivity index (χ1v) is 9.53. The van der Waals surface area contributed by atoms with Gasteiger partial charge in [-0.3, -0.25) is 4.79 Å². The zero-order valence-electron chi connectivity index (χ0n) is 16.1. The van der Waals surface area contributed by atoms with Crippen molar-refractivity contribution in [3.63, 3.8) is 0 Å². The van der Waals surface area contributed by atoms with Gasteiger partial charge in [0.15, 0.2) is 0 Å². The third kappa shape index (κ3) is 3.59. The Morgan fingerprint density at radius 3 is 2.67 bits per heavy atom. The fourth-order valence-corrected chi connectivity index (χ4v) is 3.66. The van der Waals surface area contributed by atoms with E-state index in [1.54, 1.807) is 17.1 Å². The number of piperidine rings is 1. The van der Waals surface area contributed by atoms with Crippen LogP contribution in [0.25, 0.3) is 11.0 Å². The molecule has 0 aliphatic carbocycles. The second-order valence-electron chi connectivity index (χ2n) is 8.36. The molecule has 0 aromatic carbocycles. The first-order chi connectivity index (χ1) is 12.9. The van der Waals surface area contributed by atoms with Gasteiger partial charge in [-0.25, -0.2) is 14.6 Å². The quantitative estimate of drug-likeness (QED) is 0.771. The summed E-state index contributed by atoms with van der Waals surface area (Å²) >= 11 is 0. The lowest BCUT2D eigenvalue weighted by atomic mass is 9.92. The van der Waals surface area contributed by atoms with Gasteiger partial charge in [0, 0.05) is 37.3 Å². The van der Waals surface area contributed by atoms with E-state index < -0.39 is 0 Å². The number of nitrogens with one attached hydrogen (secondary N) is 1. The first kappa shape index (κ1) is 17.7. The number of anilines is 1. The lowest BCUT2D eigenvalue weighted by Crippen LogP contribution is -2.37. The Balaban J connectivity index is 1.46. The summed E-state index contributed by atoms with van der Waals surface area (Å²) in [6.07, 6.45) is 5.55. The minimum absolute atomic E-state index is 0.0183. The molecule has 7 heteroatoms. The second kappa shape index (κ2) is 6.79. The molecule has 4 heterocycles. The fraction of sp³-hybridized carbons (Fsp3) is 0.500. The zero-order chi connectivity index (χ0) is 19.0. The molecule has 27 heavy (non-hydrogen) atoms. The second-order valence-corrected chi connectivity index (χ2v) is 8.36. The van der Waals surface area contributed by atoms with Crippen molar-refractivity contribution < 1.29 is 0 Å². The summed E-state index contributed by atoms with van der Waals surface area (Å²) < 4.78 is 1.65. The van der Waals surface area contributed by atoms with Crippen molar-refractivity contribution in [3.05, 3.63) is 46.8 Å². The van der Waals surface area contributed by atoms with Gasteiger partial charge in [-0.05, 0) is 30.9 Å². The normalized spacial score (nSPS) is 16.2. The number of hydrogen-bond donors (Lipinski definition) is 1. The van der Waals surface area contributed by atoms with Crippen LogP contribution in [0.1, 0.15) is 39.3 Å². The molecule has 1 fully saturated rings. The number of H-pyrrole nitrogens is 1. The number of hydrogen-bond acceptors (Lipinski definition) is 5. The Morgan fingerprint density at radius 2 is 1.93 bits per heavy atom. The van der Waals surface area contributed by atoms with Crippen molar-refractivity contribution in [3.8, 4) is 0 Å². The highest BCUT2D eigenvalue weighted by atomic mass is 16.1. The van der Waals surface area contributed by atoms with Crippen LogP contribution in [0, 0.1) is 5.92 Å². The molecule has 0 unspecified atom stereocenters. The summed E-state index contributed by atoms with van der Waals surface area (Å²) in [5.41, 5.74) is 1.75. The van der Waals surface area contributed by atoms with E-state index in [9.17, 15) is 4.79 Å². The minimum atomic E-state index is -0.0617. The number of aromatic nitrogens is 5. The van der Waals surface area contributed by atoms with Crippen LogP contribution in [0.5, 0.6) is 0 Å². The molecular formula is C20H26N6O. The summed E-state index contributed by atoms with van der Waals surface area (Å²) in [6.45, 7) is 8.88. The first-order valence-electron chi connectivity index (χ1n) is 9.53. The Labute approximate surface area is 158 Å². The predicted octanol–water partition coefficient (Wildman–Crippen LogP) is 2.73. The van der Waals surface area contributed by atoms with Crippen LogP contribution in [0.3, 0.4) is 0 Å². The van der Waals surface area contributed by atoms with Crippen molar-refractivity contribution in [2.45, 2.75) is 45.6 Å². The third-order valence-electron chi connectivity index (χ3n) is 5.31. The minimum Gasteiger partial charge on any atom is -0.356 e. The highest BCUT2D eigenvalue weighted by Gasteiger charge is 2.23. The average molecular weight is 366 g/mol. The van der Waals surface area contributed by atoms with E-state index >= 15 is 0 Å². The van der Waals surface area contributed by atoms with Gasteiger partial charge in [0.1, 0.15) is 17.8 Å². The molecule has 0 radical (unpaired) electrons. The van der Waals surface area contributed by atoms with Crippen LogP contribution in [0.4, 0.5) is 5.82 Å². The maximum absolute atomic E-state index is 12.2. The van der Waals surface area contributed by atoms with Crippen molar-refractivity contribution >= 4 is 16.9 Å². The molecule has 3 aromatic heterocycles. The van der Waals surface area contributed by atoms with Crippen molar-refractivity contribution in [1.29, 1.82) is 0 Å². The average Bonchev–Trinajstić information content (AvgIpc) is 3.12. The van der Waals surface area contributed by atoms with Crippen LogP contribution in [0.15, 0.2) is 35.5 Å². The lowest BCUT2D eigenvalue weighted by molar-refractivity contribution is 0.330. The zero-order valence-corrected chi connectivity index (χ0v) is 16.1. The van der Waals surface area contributed by atoms with Gasteiger partial charge in [0.2, 0.25) is 0 Å². The summed E-state index contributed by atoms with van der Waals surface area (Å²) in [6, 6.07) is 5.52. The summed E-state index contributed by atoms with van der Waals surface area (Å²) in [7, 11) is 0. The van der Waals surface area contributed by atoms with E-state index in [-0.39, 0.29) is 11.0 Å². The Kier molecular flexibility index (Phi) is 4.45. The van der Waals surface area contributed by atoms with E-state index in [0.29, 0.717) is 12.5 Å². The molecule has 0 bridgehead atoms. The SMILES string of the molecule is CC(C)(C)c1ccc(=O)n(CC2CCN(c3ncnc4[nH]ccc34)CC2)n1. The summed E-state index contributed by atoms with van der Waals surface area (Å²) in [5, 5.41) is 5.68. The van der Waals surface area contributed by atoms with E-state index in [4.69, 9.17) is 0 Å². The van der Waals surface area contributed by atoms with Gasteiger partial charge in [-0.15, -0.1) is 0 Å². The van der Waals surface area contributed by atoms with E-state index in [0.717, 1.165) is 48.5 Å². The molecule has 0 atom stereocenters. The van der Waals surface area contributed by atoms with Gasteiger partial charge in [-0.2, -0.15) is 5.10 Å². The van der Waals surface area contributed by atoms with Gasteiger partial charge in [0.05, 0.1) is 11.1 Å². The molecule has 1 saturated heterocycles. The number of nitrogens with zero attached hydrogens (tertiary/aromatic N) is 5. The highest BCUT2D eigenvalue weighted by Crippen LogP contribution is 2.27. The van der Waals surface area contributed by atoms with Gasteiger partial charge in [0.25, 0.3) is 5.56 Å². The highest BCUT2D eigenvalue weighted by molar-refractivity contribution is 5.87. The van der Waals surface area contributed by atoms with Gasteiger partial charge >= 0.3 is 0 Å². The van der Waals surface area contributed by atoms with Gasteiger partial charge in [-0.1, -0.05) is 20.8 Å². The third-order valence-corrected chi connectivity index (χ3v) is 5.31. The van der Waals surface area contributed by atoms with Crippen molar-refractivity contribution in [2.24, 2.45) is 5.92 Å². The fourth-order valence-electron chi connectivity index (χ4n) is 3.66. The van der Waals surface area contributed by atoms with E-state index in [1.165, 1.54) is 0 Å². The van der Waals surface area contributed by atoms with E-state index in [2.05, 4.69) is 45.7 Å². The predicted molar refractivity (Wildman–Crippen MR) is 106 cm³/mol. The molecular weight excluding hydrogens is 340 g/mol. The van der Waals surface area contributed by atoms with Crippen LogP contribution < -0.4 is 10.5 Å². The van der Waals surface area contributed by atoms with Crippen LogP contribution in [-0.2, 0) is 12.0 Å². The monoisotopic (exact) mass is 366 g/mol. The maximum atomic E-state index is 12.2. The Bertz CT molecular complexity index is 991. The van der Waals surface area contributed by atoms with Crippen LogP contribution >= 0.6 is 0 Å². The van der Waals surface area contributed by atoms with Crippen LogP contribution in [0.2, 0.25) is 0 Å². The van der Waals surface area contributed by atoms with Crippen molar-refractivity contribution in [2.75, 3.05) is 18.0 Å². The smallest absolute Gasteiger partial charge is 0.266 e. The number of fused-ring (bicyclic) bond motifs is 1. The van der Waals surface area contributed by atoms with Crippen molar-refractivity contribution in [1.82, 2.24) is 24.7 Å². The number of aromatic amines is 1. The standard InChI is InChI=1S/C20H26N6O/c1-20(2,3)16-4-5-17(27)26(24-16)12-14-7-10-25(11-8-14)19-15-6-9-21-18(15)22-13-23-19/h4-6,9,13-14H,7-8,10-12H2,1-3H3,(H,21,22,23). The summed E-state index contributed by atoms with van der Waals surface area (Å²) in [5.74, 6) is 1.44. The number of rotatable bonds is 3. The molecule has 1 aliphatic heterocycles. The Hall–Kier alpha value is -2.70. The Morgan fingerprint density at radius 1 is 1.15 bits per heavy atom. The lowest BCUT2D eigenvalue weighted by Gasteiger charge is -2.33. The molecule has 0 spiro atoms. The molecule has 7 nitrogen and oxygen atoms in total. The molecule has 1 N–H and O–H groups in total. The summed E-state index contributed by atoms with van der Waals surface area (Å²) in [4.78, 5) is 26.5. The molecule has 4 rings (SSSR count). The van der Waals surface area contributed by atoms with Gasteiger partial charge < -0.3 is 9.88 Å². The maximum Gasteiger partial charge on any atom is 0.266 e.